The van der Waals surface area contributed by atoms with E-state index in [1.54, 1.807) is 31.2 Å². The lowest BCUT2D eigenvalue weighted by molar-refractivity contribution is -0.138. The molecule has 0 aliphatic heterocycles. The number of ether oxygens (including phenoxy) is 3. The second-order valence-corrected chi connectivity index (χ2v) is 7.54. The third-order valence-electron chi connectivity index (χ3n) is 4.97. The molecule has 0 unspecified atom stereocenters. The van der Waals surface area contributed by atoms with Crippen molar-refractivity contribution in [3.8, 4) is 17.9 Å². The molecule has 8 nitrogen and oxygen atoms in total. The lowest BCUT2D eigenvalue weighted by atomic mass is 10.1. The summed E-state index contributed by atoms with van der Waals surface area (Å²) in [4.78, 5) is 36.4. The molecule has 2 aromatic rings. The summed E-state index contributed by atoms with van der Waals surface area (Å²) in [5.41, 5.74) is 2.99. The number of nitrogens with zero attached hydrogens (tertiary/aromatic N) is 2. The Morgan fingerprint density at radius 3 is 1.79 bits per heavy atom. The Bertz CT molecular complexity index is 1250. The SMILES string of the molecule is C=CC(=O)OCCN(CCOC(=O)C=C)c1ccc(C#Cc2ccc(/C=C(\C#N)C(=O)OCC)cc2)cc1. The smallest absolute Gasteiger partial charge is 0.348 e. The summed E-state index contributed by atoms with van der Waals surface area (Å²) in [6.45, 7) is 9.69. The van der Waals surface area contributed by atoms with Crippen molar-refractivity contribution < 1.29 is 28.6 Å². The van der Waals surface area contributed by atoms with Gasteiger partial charge in [0.1, 0.15) is 24.9 Å². The number of benzene rings is 2. The van der Waals surface area contributed by atoms with Gasteiger partial charge < -0.3 is 19.1 Å². The maximum absolute atomic E-state index is 11.8. The van der Waals surface area contributed by atoms with Gasteiger partial charge in [-0.1, -0.05) is 37.1 Å². The molecule has 0 aliphatic rings. The van der Waals surface area contributed by atoms with Crippen molar-refractivity contribution in [3.05, 3.63) is 96.1 Å². The van der Waals surface area contributed by atoms with E-state index in [0.717, 1.165) is 29.0 Å². The molecule has 8 heteroatoms. The van der Waals surface area contributed by atoms with E-state index in [1.807, 2.05) is 35.2 Å². The molecule has 2 rings (SSSR count). The van der Waals surface area contributed by atoms with Gasteiger partial charge in [0.15, 0.2) is 0 Å². The van der Waals surface area contributed by atoms with Crippen molar-refractivity contribution in [2.75, 3.05) is 37.8 Å². The van der Waals surface area contributed by atoms with Gasteiger partial charge >= 0.3 is 17.9 Å². The van der Waals surface area contributed by atoms with Crippen molar-refractivity contribution in [1.29, 1.82) is 5.26 Å². The minimum absolute atomic E-state index is 0.0717. The predicted molar refractivity (Wildman–Crippen MR) is 144 cm³/mol. The molecule has 0 fully saturated rings. The number of hydrogen-bond donors (Lipinski definition) is 0. The topological polar surface area (TPSA) is 106 Å². The molecule has 0 spiro atoms. The van der Waals surface area contributed by atoms with Crippen LogP contribution in [0.5, 0.6) is 0 Å². The monoisotopic (exact) mass is 512 g/mol. The third-order valence-corrected chi connectivity index (χ3v) is 4.97. The number of nitriles is 1. The van der Waals surface area contributed by atoms with Crippen molar-refractivity contribution in [1.82, 2.24) is 0 Å². The lowest BCUT2D eigenvalue weighted by Crippen LogP contribution is -2.32. The van der Waals surface area contributed by atoms with E-state index in [4.69, 9.17) is 19.5 Å². The fourth-order valence-electron chi connectivity index (χ4n) is 3.08. The third kappa shape index (κ3) is 9.88. The van der Waals surface area contributed by atoms with Gasteiger partial charge in [-0.2, -0.15) is 5.26 Å². The molecular formula is C30H28N2O6. The number of esters is 3. The average molecular weight is 513 g/mol. The van der Waals surface area contributed by atoms with Crippen LogP contribution in [0.4, 0.5) is 5.69 Å². The summed E-state index contributed by atoms with van der Waals surface area (Å²) in [5, 5.41) is 9.16. The molecule has 0 saturated heterocycles. The highest BCUT2D eigenvalue weighted by Crippen LogP contribution is 2.15. The van der Waals surface area contributed by atoms with Crippen LogP contribution >= 0.6 is 0 Å². The molecule has 0 N–H and O–H groups in total. The minimum atomic E-state index is -0.656. The zero-order chi connectivity index (χ0) is 27.8. The van der Waals surface area contributed by atoms with Gasteiger partial charge in [-0.25, -0.2) is 14.4 Å². The standard InChI is InChI=1S/C30H28N2O6/c1-4-28(33)37-19-17-32(18-20-38-29(34)5-2)27-15-13-24(14-16-27)8-7-23-9-11-25(12-10-23)21-26(22-31)30(35)36-6-3/h4-5,9-16,21H,1-2,6,17-20H2,3H3/b26-21+. The van der Waals surface area contributed by atoms with Gasteiger partial charge in [0.25, 0.3) is 0 Å². The lowest BCUT2D eigenvalue weighted by Gasteiger charge is -2.24. The number of hydrogen-bond acceptors (Lipinski definition) is 8. The van der Waals surface area contributed by atoms with Crippen molar-refractivity contribution >= 4 is 29.7 Å². The summed E-state index contributed by atoms with van der Waals surface area (Å²) < 4.78 is 15.0. The van der Waals surface area contributed by atoms with Crippen molar-refractivity contribution in [2.24, 2.45) is 0 Å². The fraction of sp³-hybridized carbons (Fsp3) is 0.200. The summed E-state index contributed by atoms with van der Waals surface area (Å²) in [6.07, 6.45) is 3.66. The van der Waals surface area contributed by atoms with Gasteiger partial charge in [0.05, 0.1) is 19.7 Å². The van der Waals surface area contributed by atoms with Gasteiger partial charge in [-0.05, 0) is 55.0 Å². The Kier molecular flexibility index (Phi) is 12.1. The Hall–Kier alpha value is -5.08. The van der Waals surface area contributed by atoms with E-state index in [0.29, 0.717) is 18.7 Å². The summed E-state index contributed by atoms with van der Waals surface area (Å²) >= 11 is 0. The fourth-order valence-corrected chi connectivity index (χ4v) is 3.08. The molecular weight excluding hydrogens is 484 g/mol. The van der Waals surface area contributed by atoms with Crippen LogP contribution in [-0.2, 0) is 28.6 Å². The van der Waals surface area contributed by atoms with Crippen LogP contribution in [0.25, 0.3) is 6.08 Å². The van der Waals surface area contributed by atoms with Crippen LogP contribution in [0.15, 0.2) is 79.4 Å². The Morgan fingerprint density at radius 2 is 1.34 bits per heavy atom. The van der Waals surface area contributed by atoms with E-state index in [2.05, 4.69) is 25.0 Å². The molecule has 0 saturated carbocycles. The van der Waals surface area contributed by atoms with E-state index >= 15 is 0 Å². The zero-order valence-electron chi connectivity index (χ0n) is 21.1. The first kappa shape index (κ1) is 29.2. The van der Waals surface area contributed by atoms with E-state index < -0.39 is 17.9 Å². The first-order valence-corrected chi connectivity index (χ1v) is 11.7. The molecule has 0 radical (unpaired) electrons. The Balaban J connectivity index is 2.09. The van der Waals surface area contributed by atoms with Gasteiger partial charge in [-0.15, -0.1) is 0 Å². The summed E-state index contributed by atoms with van der Waals surface area (Å²) in [7, 11) is 0. The molecule has 0 aliphatic carbocycles. The molecule has 0 atom stereocenters. The van der Waals surface area contributed by atoms with Gasteiger partial charge in [0, 0.05) is 29.0 Å². The van der Waals surface area contributed by atoms with Crippen molar-refractivity contribution in [3.63, 3.8) is 0 Å². The summed E-state index contributed by atoms with van der Waals surface area (Å²) in [5.74, 6) is 4.49. The van der Waals surface area contributed by atoms with Crippen LogP contribution < -0.4 is 4.90 Å². The first-order chi connectivity index (χ1) is 18.4. The number of carbonyl (C=O) groups is 3. The van der Waals surface area contributed by atoms with Gasteiger partial charge in [-0.3, -0.25) is 0 Å². The van der Waals surface area contributed by atoms with Crippen LogP contribution in [0.3, 0.4) is 0 Å². The maximum atomic E-state index is 11.8. The number of rotatable bonds is 12. The van der Waals surface area contributed by atoms with Crippen LogP contribution in [-0.4, -0.2) is 50.8 Å². The highest BCUT2D eigenvalue weighted by Gasteiger charge is 2.10. The van der Waals surface area contributed by atoms with Crippen molar-refractivity contribution in [2.45, 2.75) is 6.92 Å². The minimum Gasteiger partial charge on any atom is -0.462 e. The van der Waals surface area contributed by atoms with Gasteiger partial charge in [0.2, 0.25) is 0 Å². The Labute approximate surface area is 222 Å². The largest absolute Gasteiger partial charge is 0.462 e. The summed E-state index contributed by atoms with van der Waals surface area (Å²) in [6, 6.07) is 16.4. The second-order valence-electron chi connectivity index (χ2n) is 7.54. The quantitative estimate of drug-likeness (QED) is 0.139. The van der Waals surface area contributed by atoms with E-state index in [9.17, 15) is 14.4 Å². The molecule has 0 aromatic heterocycles. The van der Waals surface area contributed by atoms with E-state index in [1.165, 1.54) is 6.08 Å². The van der Waals surface area contributed by atoms with E-state index in [-0.39, 0.29) is 25.4 Å². The highest BCUT2D eigenvalue weighted by atomic mass is 16.5. The number of carbonyl (C=O) groups excluding carboxylic acids is 3. The first-order valence-electron chi connectivity index (χ1n) is 11.7. The Morgan fingerprint density at radius 1 is 0.842 bits per heavy atom. The second kappa shape index (κ2) is 15.8. The molecule has 0 amide bonds. The molecule has 194 valence electrons. The van der Waals surface area contributed by atoms with Crippen LogP contribution in [0, 0.1) is 23.2 Å². The highest BCUT2D eigenvalue weighted by molar-refractivity contribution is 5.97. The average Bonchev–Trinajstić information content (AvgIpc) is 2.94. The molecule has 38 heavy (non-hydrogen) atoms. The van der Waals surface area contributed by atoms with Crippen LogP contribution in [0.2, 0.25) is 0 Å². The predicted octanol–water partition coefficient (Wildman–Crippen LogP) is 3.82. The normalized spacial score (nSPS) is 10.2. The number of anilines is 1. The maximum Gasteiger partial charge on any atom is 0.348 e. The zero-order valence-corrected chi connectivity index (χ0v) is 21.1. The molecule has 0 heterocycles. The van der Waals surface area contributed by atoms with Crippen LogP contribution in [0.1, 0.15) is 23.6 Å². The molecule has 2 aromatic carbocycles. The molecule has 0 bridgehead atoms.